The van der Waals surface area contributed by atoms with Crippen molar-refractivity contribution in [2.75, 3.05) is 18.0 Å². The fourth-order valence-corrected chi connectivity index (χ4v) is 2.49. The molecule has 1 aromatic carbocycles. The topological polar surface area (TPSA) is 73.3 Å². The summed E-state index contributed by atoms with van der Waals surface area (Å²) in [5, 5.41) is 17.5. The predicted octanol–water partition coefficient (Wildman–Crippen LogP) is 1.49. The number of aryl methyl sites for hydroxylation is 1. The number of amidine groups is 1. The van der Waals surface area contributed by atoms with E-state index in [0.717, 1.165) is 36.3 Å². The number of piperidine rings is 1. The van der Waals surface area contributed by atoms with E-state index in [9.17, 15) is 5.11 Å². The molecule has 4 N–H and O–H groups in total. The van der Waals surface area contributed by atoms with Gasteiger partial charge in [0.2, 0.25) is 0 Å². The largest absolute Gasteiger partial charge is 0.393 e. The van der Waals surface area contributed by atoms with Crippen LogP contribution in [0.25, 0.3) is 0 Å². The number of nitrogens with two attached hydrogens (primary N) is 1. The van der Waals surface area contributed by atoms with Crippen LogP contribution < -0.4 is 10.6 Å². The molecule has 1 aliphatic heterocycles. The Morgan fingerprint density at radius 1 is 1.50 bits per heavy atom. The summed E-state index contributed by atoms with van der Waals surface area (Å²) in [5.41, 5.74) is 8.56. The van der Waals surface area contributed by atoms with Gasteiger partial charge in [0.05, 0.1) is 6.10 Å². The molecule has 2 atom stereocenters. The zero-order chi connectivity index (χ0) is 13.3. The number of benzene rings is 1. The minimum Gasteiger partial charge on any atom is -0.393 e. The zero-order valence-electron chi connectivity index (χ0n) is 11.0. The number of nitrogens with zero attached hydrogens (tertiary/aromatic N) is 1. The number of nitrogens with one attached hydrogen (secondary N) is 1. The number of rotatable bonds is 2. The minimum atomic E-state index is -0.215. The SMILES string of the molecule is Cc1ccc(N2CCC(O)C(C)C2)c(C(=N)N)c1. The summed E-state index contributed by atoms with van der Waals surface area (Å²) < 4.78 is 0. The highest BCUT2D eigenvalue weighted by atomic mass is 16.3. The Bertz CT molecular complexity index is 458. The van der Waals surface area contributed by atoms with Crippen molar-refractivity contribution in [1.82, 2.24) is 0 Å². The van der Waals surface area contributed by atoms with Crippen molar-refractivity contribution in [3.05, 3.63) is 29.3 Å². The molecule has 0 saturated carbocycles. The van der Waals surface area contributed by atoms with E-state index in [1.165, 1.54) is 0 Å². The first-order chi connectivity index (χ1) is 8.49. The maximum absolute atomic E-state index is 9.77. The molecule has 4 nitrogen and oxygen atoms in total. The average molecular weight is 247 g/mol. The fraction of sp³-hybridized carbons (Fsp3) is 0.500. The van der Waals surface area contributed by atoms with E-state index >= 15 is 0 Å². The number of anilines is 1. The summed E-state index contributed by atoms with van der Waals surface area (Å²) in [6.45, 7) is 5.68. The lowest BCUT2D eigenvalue weighted by Crippen LogP contribution is -2.42. The first kappa shape index (κ1) is 12.9. The van der Waals surface area contributed by atoms with E-state index in [1.54, 1.807) is 0 Å². The molecule has 1 aromatic rings. The summed E-state index contributed by atoms with van der Waals surface area (Å²) in [6.07, 6.45) is 0.555. The van der Waals surface area contributed by atoms with Gasteiger partial charge in [0.15, 0.2) is 0 Å². The number of aliphatic hydroxyl groups is 1. The van der Waals surface area contributed by atoms with Gasteiger partial charge in [0, 0.05) is 24.3 Å². The van der Waals surface area contributed by atoms with E-state index in [0.29, 0.717) is 0 Å². The molecule has 18 heavy (non-hydrogen) atoms. The highest BCUT2D eigenvalue weighted by Gasteiger charge is 2.25. The van der Waals surface area contributed by atoms with E-state index in [4.69, 9.17) is 11.1 Å². The van der Waals surface area contributed by atoms with E-state index in [2.05, 4.69) is 11.8 Å². The summed E-state index contributed by atoms with van der Waals surface area (Å²) in [4.78, 5) is 2.22. The van der Waals surface area contributed by atoms with Crippen LogP contribution in [0.2, 0.25) is 0 Å². The molecular formula is C14H21N3O. The second kappa shape index (κ2) is 4.98. The van der Waals surface area contributed by atoms with Gasteiger partial charge in [-0.05, 0) is 31.4 Å². The van der Waals surface area contributed by atoms with Crippen molar-refractivity contribution >= 4 is 11.5 Å². The summed E-state index contributed by atoms with van der Waals surface area (Å²) in [5.74, 6) is 0.354. The molecule has 1 fully saturated rings. The number of hydrogen-bond acceptors (Lipinski definition) is 3. The number of aliphatic hydroxyl groups excluding tert-OH is 1. The van der Waals surface area contributed by atoms with Crippen molar-refractivity contribution in [2.24, 2.45) is 11.7 Å². The van der Waals surface area contributed by atoms with Gasteiger partial charge in [-0.25, -0.2) is 0 Å². The highest BCUT2D eigenvalue weighted by molar-refractivity contribution is 6.00. The van der Waals surface area contributed by atoms with Crippen LogP contribution in [0.4, 0.5) is 5.69 Å². The van der Waals surface area contributed by atoms with Gasteiger partial charge in [-0.3, -0.25) is 5.41 Å². The van der Waals surface area contributed by atoms with Crippen LogP contribution in [0.3, 0.4) is 0 Å². The van der Waals surface area contributed by atoms with Crippen LogP contribution in [-0.4, -0.2) is 30.1 Å². The maximum atomic E-state index is 9.77. The molecule has 4 heteroatoms. The van der Waals surface area contributed by atoms with Gasteiger partial charge in [0.25, 0.3) is 0 Å². The van der Waals surface area contributed by atoms with Crippen LogP contribution >= 0.6 is 0 Å². The van der Waals surface area contributed by atoms with E-state index in [-0.39, 0.29) is 17.9 Å². The van der Waals surface area contributed by atoms with E-state index in [1.807, 2.05) is 25.1 Å². The Balaban J connectivity index is 2.30. The molecular weight excluding hydrogens is 226 g/mol. The Morgan fingerprint density at radius 2 is 2.22 bits per heavy atom. The van der Waals surface area contributed by atoms with Gasteiger partial charge in [-0.2, -0.15) is 0 Å². The molecule has 0 spiro atoms. The maximum Gasteiger partial charge on any atom is 0.124 e. The lowest BCUT2D eigenvalue weighted by molar-refractivity contribution is 0.0971. The van der Waals surface area contributed by atoms with Crippen LogP contribution in [0, 0.1) is 18.3 Å². The number of nitrogen functional groups attached to an aromatic ring is 1. The van der Waals surface area contributed by atoms with Gasteiger partial charge in [0.1, 0.15) is 5.84 Å². The summed E-state index contributed by atoms with van der Waals surface area (Å²) in [7, 11) is 0. The predicted molar refractivity (Wildman–Crippen MR) is 74.2 cm³/mol. The summed E-state index contributed by atoms with van der Waals surface area (Å²) in [6, 6.07) is 6.02. The molecule has 1 heterocycles. The first-order valence-corrected chi connectivity index (χ1v) is 6.37. The lowest BCUT2D eigenvalue weighted by Gasteiger charge is -2.37. The van der Waals surface area contributed by atoms with Crippen molar-refractivity contribution < 1.29 is 5.11 Å². The normalized spacial score (nSPS) is 24.1. The van der Waals surface area contributed by atoms with Crippen LogP contribution in [0.15, 0.2) is 18.2 Å². The third-order valence-corrected chi connectivity index (χ3v) is 3.64. The third kappa shape index (κ3) is 2.48. The summed E-state index contributed by atoms with van der Waals surface area (Å²) >= 11 is 0. The number of hydrogen-bond donors (Lipinski definition) is 3. The smallest absolute Gasteiger partial charge is 0.124 e. The second-order valence-corrected chi connectivity index (χ2v) is 5.21. The molecule has 0 amide bonds. The van der Waals surface area contributed by atoms with Gasteiger partial charge in [-0.1, -0.05) is 18.6 Å². The molecule has 0 bridgehead atoms. The Labute approximate surface area is 108 Å². The fourth-order valence-electron chi connectivity index (χ4n) is 2.49. The zero-order valence-corrected chi connectivity index (χ0v) is 11.0. The molecule has 0 radical (unpaired) electrons. The van der Waals surface area contributed by atoms with Crippen molar-refractivity contribution in [1.29, 1.82) is 5.41 Å². The highest BCUT2D eigenvalue weighted by Crippen LogP contribution is 2.27. The standard InChI is InChI=1S/C14H21N3O/c1-9-3-4-12(11(7-9)14(15)16)17-6-5-13(18)10(2)8-17/h3-4,7,10,13,18H,5-6,8H2,1-2H3,(H3,15,16). The average Bonchev–Trinajstić information content (AvgIpc) is 2.32. The van der Waals surface area contributed by atoms with Crippen molar-refractivity contribution in [3.63, 3.8) is 0 Å². The van der Waals surface area contributed by atoms with E-state index < -0.39 is 0 Å². The molecule has 0 aromatic heterocycles. The molecule has 1 aliphatic rings. The first-order valence-electron chi connectivity index (χ1n) is 6.37. The Kier molecular flexibility index (Phi) is 3.57. The lowest BCUT2D eigenvalue weighted by atomic mass is 9.95. The monoisotopic (exact) mass is 247 g/mol. The molecule has 1 saturated heterocycles. The third-order valence-electron chi connectivity index (χ3n) is 3.64. The van der Waals surface area contributed by atoms with Gasteiger partial charge >= 0.3 is 0 Å². The van der Waals surface area contributed by atoms with Crippen LogP contribution in [-0.2, 0) is 0 Å². The molecule has 0 aliphatic carbocycles. The minimum absolute atomic E-state index is 0.104. The van der Waals surface area contributed by atoms with Gasteiger partial charge < -0.3 is 15.7 Å². The quantitative estimate of drug-likeness (QED) is 0.547. The van der Waals surface area contributed by atoms with Crippen LogP contribution in [0.1, 0.15) is 24.5 Å². The Hall–Kier alpha value is -1.55. The molecule has 2 unspecified atom stereocenters. The van der Waals surface area contributed by atoms with Gasteiger partial charge in [-0.15, -0.1) is 0 Å². The van der Waals surface area contributed by atoms with Crippen LogP contribution in [0.5, 0.6) is 0 Å². The Morgan fingerprint density at radius 3 is 2.83 bits per heavy atom. The molecule has 2 rings (SSSR count). The van der Waals surface area contributed by atoms with Crippen molar-refractivity contribution in [3.8, 4) is 0 Å². The molecule has 98 valence electrons. The second-order valence-electron chi connectivity index (χ2n) is 5.21. The van der Waals surface area contributed by atoms with Crippen molar-refractivity contribution in [2.45, 2.75) is 26.4 Å².